The number of carboxylic acids is 1. The monoisotopic (exact) mass is 184 g/mol. The van der Waals surface area contributed by atoms with Crippen LogP contribution in [0, 0.1) is 5.92 Å². The Morgan fingerprint density at radius 2 is 2.10 bits per heavy atom. The van der Waals surface area contributed by atoms with E-state index in [-0.39, 0.29) is 23.7 Å². The van der Waals surface area contributed by atoms with Crippen molar-refractivity contribution in [2.24, 2.45) is 5.92 Å². The summed E-state index contributed by atoms with van der Waals surface area (Å²) in [5.41, 5.74) is 0. The molecule has 0 aliphatic heterocycles. The molecule has 4 heteroatoms. The molecular formula is C6H10Cl2O2. The van der Waals surface area contributed by atoms with Gasteiger partial charge in [-0.15, -0.1) is 24.0 Å². The molecule has 0 saturated heterocycles. The van der Waals surface area contributed by atoms with E-state index in [9.17, 15) is 4.79 Å². The molecule has 2 unspecified atom stereocenters. The van der Waals surface area contributed by atoms with Crippen molar-refractivity contribution in [2.45, 2.75) is 24.6 Å². The van der Waals surface area contributed by atoms with Gasteiger partial charge in [-0.1, -0.05) is 0 Å². The summed E-state index contributed by atoms with van der Waals surface area (Å²) >= 11 is 5.69. The Balaban J connectivity index is 0.000000810. The van der Waals surface area contributed by atoms with Gasteiger partial charge in [0.1, 0.15) is 0 Å². The lowest BCUT2D eigenvalue weighted by atomic mass is 10.1. The van der Waals surface area contributed by atoms with E-state index in [1.54, 1.807) is 0 Å². The Morgan fingerprint density at radius 3 is 2.30 bits per heavy atom. The maximum atomic E-state index is 10.3. The van der Waals surface area contributed by atoms with Crippen LogP contribution in [0.4, 0.5) is 0 Å². The first kappa shape index (κ1) is 10.0. The Morgan fingerprint density at radius 1 is 1.50 bits per heavy atom. The molecule has 0 aromatic rings. The predicted molar refractivity (Wildman–Crippen MR) is 41.9 cm³/mol. The van der Waals surface area contributed by atoms with E-state index in [1.807, 2.05) is 0 Å². The highest BCUT2D eigenvalue weighted by Crippen LogP contribution is 2.29. The zero-order valence-electron chi connectivity index (χ0n) is 5.42. The Kier molecular flexibility index (Phi) is 4.06. The van der Waals surface area contributed by atoms with Crippen molar-refractivity contribution in [1.29, 1.82) is 0 Å². The number of rotatable bonds is 1. The molecule has 2 atom stereocenters. The largest absolute Gasteiger partial charge is 0.481 e. The summed E-state index contributed by atoms with van der Waals surface area (Å²) in [4.78, 5) is 10.3. The van der Waals surface area contributed by atoms with Crippen molar-refractivity contribution in [3.63, 3.8) is 0 Å². The van der Waals surface area contributed by atoms with E-state index in [0.717, 1.165) is 12.8 Å². The second-order valence-corrected chi connectivity index (χ2v) is 3.06. The first-order valence-corrected chi connectivity index (χ1v) is 3.50. The highest BCUT2D eigenvalue weighted by atomic mass is 35.5. The van der Waals surface area contributed by atoms with Gasteiger partial charge in [0.15, 0.2) is 0 Å². The Bertz CT molecular complexity index is 127. The second kappa shape index (κ2) is 4.04. The van der Waals surface area contributed by atoms with E-state index in [0.29, 0.717) is 6.42 Å². The molecule has 1 N–H and O–H groups in total. The molecule has 0 bridgehead atoms. The van der Waals surface area contributed by atoms with Crippen molar-refractivity contribution in [3.05, 3.63) is 0 Å². The number of alkyl halides is 1. The van der Waals surface area contributed by atoms with E-state index in [4.69, 9.17) is 16.7 Å². The third-order valence-corrected chi connectivity index (χ3v) is 2.11. The molecule has 0 aromatic heterocycles. The standard InChI is InChI=1S/C6H9ClO2.ClH/c7-5-2-1-4(3-5)6(8)9;/h4-5H,1-3H2,(H,8,9);1H. The van der Waals surface area contributed by atoms with Gasteiger partial charge < -0.3 is 5.11 Å². The lowest BCUT2D eigenvalue weighted by molar-refractivity contribution is -0.141. The average Bonchev–Trinajstić information content (AvgIpc) is 2.14. The Labute approximate surface area is 71.0 Å². The van der Waals surface area contributed by atoms with Gasteiger partial charge >= 0.3 is 5.97 Å². The number of hydrogen-bond acceptors (Lipinski definition) is 1. The maximum absolute atomic E-state index is 10.3. The summed E-state index contributed by atoms with van der Waals surface area (Å²) in [5, 5.41) is 8.58. The fourth-order valence-corrected chi connectivity index (χ4v) is 1.49. The Hall–Kier alpha value is 0.0500. The molecule has 1 fully saturated rings. The van der Waals surface area contributed by atoms with Gasteiger partial charge in [0.05, 0.1) is 5.92 Å². The van der Waals surface area contributed by atoms with Crippen LogP contribution < -0.4 is 0 Å². The van der Waals surface area contributed by atoms with Gasteiger partial charge in [0.25, 0.3) is 0 Å². The second-order valence-electron chi connectivity index (χ2n) is 2.45. The van der Waals surface area contributed by atoms with Crippen LogP contribution in [0.3, 0.4) is 0 Å². The maximum Gasteiger partial charge on any atom is 0.306 e. The third-order valence-electron chi connectivity index (χ3n) is 1.72. The summed E-state index contributed by atoms with van der Waals surface area (Å²) in [5.74, 6) is -0.870. The molecule has 0 aromatic carbocycles. The molecule has 1 rings (SSSR count). The van der Waals surface area contributed by atoms with Crippen LogP contribution in [0.5, 0.6) is 0 Å². The van der Waals surface area contributed by atoms with Crippen LogP contribution in [-0.4, -0.2) is 16.5 Å². The van der Waals surface area contributed by atoms with Gasteiger partial charge in [-0.2, -0.15) is 0 Å². The van der Waals surface area contributed by atoms with Gasteiger partial charge in [-0.25, -0.2) is 0 Å². The van der Waals surface area contributed by atoms with Gasteiger partial charge in [-0.3, -0.25) is 4.79 Å². The first-order chi connectivity index (χ1) is 4.20. The molecule has 2 nitrogen and oxygen atoms in total. The van der Waals surface area contributed by atoms with Crippen LogP contribution in [0.15, 0.2) is 0 Å². The summed E-state index contributed by atoms with van der Waals surface area (Å²) in [6.07, 6.45) is 2.26. The number of halogens is 2. The van der Waals surface area contributed by atoms with Crippen molar-refractivity contribution in [3.8, 4) is 0 Å². The molecule has 1 aliphatic rings. The highest BCUT2D eigenvalue weighted by molar-refractivity contribution is 6.20. The topological polar surface area (TPSA) is 37.3 Å². The summed E-state index contributed by atoms with van der Waals surface area (Å²) in [7, 11) is 0. The normalized spacial score (nSPS) is 31.3. The molecule has 0 amide bonds. The number of aliphatic carboxylic acids is 1. The van der Waals surface area contributed by atoms with E-state index >= 15 is 0 Å². The van der Waals surface area contributed by atoms with E-state index < -0.39 is 5.97 Å². The van der Waals surface area contributed by atoms with Crippen molar-refractivity contribution < 1.29 is 9.90 Å². The number of carbonyl (C=O) groups is 1. The molecule has 1 saturated carbocycles. The van der Waals surface area contributed by atoms with Crippen LogP contribution in [0.25, 0.3) is 0 Å². The van der Waals surface area contributed by atoms with Crippen molar-refractivity contribution >= 4 is 30.0 Å². The lowest BCUT2D eigenvalue weighted by Gasteiger charge is -1.98. The zero-order valence-corrected chi connectivity index (χ0v) is 6.99. The molecular weight excluding hydrogens is 175 g/mol. The number of carboxylic acid groups (broad SMARTS) is 1. The third kappa shape index (κ3) is 2.35. The minimum atomic E-state index is -0.696. The zero-order chi connectivity index (χ0) is 6.85. The molecule has 0 spiro atoms. The summed E-state index contributed by atoms with van der Waals surface area (Å²) in [6, 6.07) is 0. The van der Waals surface area contributed by atoms with Crippen molar-refractivity contribution in [2.75, 3.05) is 0 Å². The minimum absolute atomic E-state index is 0. The summed E-state index contributed by atoms with van der Waals surface area (Å²) < 4.78 is 0. The van der Waals surface area contributed by atoms with Crippen LogP contribution in [0.2, 0.25) is 0 Å². The van der Waals surface area contributed by atoms with Crippen molar-refractivity contribution in [1.82, 2.24) is 0 Å². The SMILES string of the molecule is Cl.O=C(O)C1CCC(Cl)C1. The predicted octanol–water partition coefficient (Wildman–Crippen LogP) is 1.90. The van der Waals surface area contributed by atoms with Crippen LogP contribution in [0.1, 0.15) is 19.3 Å². The van der Waals surface area contributed by atoms with E-state index in [1.165, 1.54) is 0 Å². The molecule has 1 aliphatic carbocycles. The fraction of sp³-hybridized carbons (Fsp3) is 0.833. The molecule has 0 heterocycles. The molecule has 0 radical (unpaired) electrons. The average molecular weight is 185 g/mol. The van der Waals surface area contributed by atoms with Gasteiger partial charge in [0.2, 0.25) is 0 Å². The van der Waals surface area contributed by atoms with Crippen LogP contribution >= 0.6 is 24.0 Å². The fourth-order valence-electron chi connectivity index (χ4n) is 1.15. The van der Waals surface area contributed by atoms with Crippen LogP contribution in [-0.2, 0) is 4.79 Å². The quantitative estimate of drug-likeness (QED) is 0.633. The number of hydrogen-bond donors (Lipinski definition) is 1. The highest BCUT2D eigenvalue weighted by Gasteiger charge is 2.27. The molecule has 10 heavy (non-hydrogen) atoms. The summed E-state index contributed by atoms with van der Waals surface area (Å²) in [6.45, 7) is 0. The lowest BCUT2D eigenvalue weighted by Crippen LogP contribution is -2.09. The van der Waals surface area contributed by atoms with Gasteiger partial charge in [-0.05, 0) is 19.3 Å². The molecule has 60 valence electrons. The first-order valence-electron chi connectivity index (χ1n) is 3.07. The van der Waals surface area contributed by atoms with E-state index in [2.05, 4.69) is 0 Å². The smallest absolute Gasteiger partial charge is 0.306 e. The minimum Gasteiger partial charge on any atom is -0.481 e. The van der Waals surface area contributed by atoms with Gasteiger partial charge in [0, 0.05) is 5.38 Å².